The molecule has 8 heteroatoms. The Morgan fingerprint density at radius 2 is 1.87 bits per heavy atom. The van der Waals surface area contributed by atoms with Crippen molar-refractivity contribution in [3.63, 3.8) is 0 Å². The summed E-state index contributed by atoms with van der Waals surface area (Å²) in [6, 6.07) is 4.44. The van der Waals surface area contributed by atoms with Gasteiger partial charge in [-0.15, -0.1) is 0 Å². The summed E-state index contributed by atoms with van der Waals surface area (Å²) in [6.45, 7) is 4.81. The van der Waals surface area contributed by atoms with Crippen molar-refractivity contribution in [3.8, 4) is 0 Å². The van der Waals surface area contributed by atoms with Crippen molar-refractivity contribution in [1.29, 1.82) is 0 Å². The standard InChI is InChI=1S/C22H26N4O4/c27-18-5-4-17(20(28)24-18)26-21(29)16-3-1-2-15(19(16)22(26)30)12-25-9-7-14(11-25)13-6-8-23-10-13/h1-3,13-14,17,23H,4-12H2,(H,24,27,28). The van der Waals surface area contributed by atoms with Crippen LogP contribution in [0.2, 0.25) is 0 Å². The lowest BCUT2D eigenvalue weighted by molar-refractivity contribution is -0.136. The van der Waals surface area contributed by atoms with Crippen LogP contribution in [0, 0.1) is 11.8 Å². The van der Waals surface area contributed by atoms with Crippen molar-refractivity contribution in [1.82, 2.24) is 20.4 Å². The summed E-state index contributed by atoms with van der Waals surface area (Å²) in [7, 11) is 0. The lowest BCUT2D eigenvalue weighted by Crippen LogP contribution is -2.54. The quantitative estimate of drug-likeness (QED) is 0.703. The first-order valence-corrected chi connectivity index (χ1v) is 10.8. The Hall–Kier alpha value is -2.58. The van der Waals surface area contributed by atoms with Gasteiger partial charge in [0.05, 0.1) is 11.1 Å². The molecule has 1 aromatic carbocycles. The molecule has 4 aliphatic rings. The minimum Gasteiger partial charge on any atom is -0.316 e. The number of fused-ring (bicyclic) bond motifs is 1. The van der Waals surface area contributed by atoms with E-state index in [1.54, 1.807) is 6.07 Å². The molecule has 5 rings (SSSR count). The molecule has 4 aliphatic heterocycles. The van der Waals surface area contributed by atoms with Crippen LogP contribution in [0.1, 0.15) is 52.0 Å². The number of imide groups is 2. The molecule has 4 heterocycles. The number of hydrogen-bond acceptors (Lipinski definition) is 6. The van der Waals surface area contributed by atoms with Crippen LogP contribution in [0.5, 0.6) is 0 Å². The van der Waals surface area contributed by atoms with Crippen molar-refractivity contribution < 1.29 is 19.2 Å². The normalized spacial score (nSPS) is 29.6. The number of nitrogens with zero attached hydrogens (tertiary/aromatic N) is 2. The zero-order chi connectivity index (χ0) is 20.8. The topological polar surface area (TPSA) is 98.8 Å². The fourth-order valence-electron chi connectivity index (χ4n) is 5.43. The average Bonchev–Trinajstić information content (AvgIpc) is 3.45. The second-order valence-corrected chi connectivity index (χ2v) is 8.82. The number of likely N-dealkylation sites (tertiary alicyclic amines) is 1. The zero-order valence-electron chi connectivity index (χ0n) is 16.9. The Labute approximate surface area is 175 Å². The summed E-state index contributed by atoms with van der Waals surface area (Å²) in [5, 5.41) is 5.68. The van der Waals surface area contributed by atoms with Gasteiger partial charge in [0.15, 0.2) is 0 Å². The van der Waals surface area contributed by atoms with Crippen molar-refractivity contribution in [3.05, 3.63) is 34.9 Å². The second-order valence-electron chi connectivity index (χ2n) is 8.82. The summed E-state index contributed by atoms with van der Waals surface area (Å²) < 4.78 is 0. The van der Waals surface area contributed by atoms with Crippen molar-refractivity contribution in [2.24, 2.45) is 11.8 Å². The third-order valence-corrected chi connectivity index (χ3v) is 7.02. The van der Waals surface area contributed by atoms with Crippen molar-refractivity contribution >= 4 is 23.6 Å². The Kier molecular flexibility index (Phi) is 4.91. The van der Waals surface area contributed by atoms with Gasteiger partial charge in [-0.2, -0.15) is 0 Å². The molecule has 3 unspecified atom stereocenters. The highest BCUT2D eigenvalue weighted by molar-refractivity contribution is 6.24. The molecule has 2 N–H and O–H groups in total. The maximum absolute atomic E-state index is 13.2. The maximum Gasteiger partial charge on any atom is 0.262 e. The third kappa shape index (κ3) is 3.24. The number of benzene rings is 1. The van der Waals surface area contributed by atoms with Gasteiger partial charge in [-0.25, -0.2) is 0 Å². The smallest absolute Gasteiger partial charge is 0.262 e. The highest BCUT2D eigenvalue weighted by Gasteiger charge is 2.45. The summed E-state index contributed by atoms with van der Waals surface area (Å²) in [4.78, 5) is 53.3. The molecule has 3 saturated heterocycles. The van der Waals surface area contributed by atoms with Gasteiger partial charge in [-0.1, -0.05) is 12.1 Å². The van der Waals surface area contributed by atoms with Crippen LogP contribution in [-0.4, -0.2) is 65.6 Å². The van der Waals surface area contributed by atoms with E-state index < -0.39 is 23.8 Å². The van der Waals surface area contributed by atoms with Gasteiger partial charge in [0.2, 0.25) is 11.8 Å². The molecule has 158 valence electrons. The number of amides is 4. The van der Waals surface area contributed by atoms with E-state index in [1.807, 2.05) is 12.1 Å². The van der Waals surface area contributed by atoms with Crippen molar-refractivity contribution in [2.75, 3.05) is 26.2 Å². The fraction of sp³-hybridized carbons (Fsp3) is 0.545. The van der Waals surface area contributed by atoms with Crippen LogP contribution in [0.25, 0.3) is 0 Å². The maximum atomic E-state index is 13.2. The Morgan fingerprint density at radius 1 is 1.00 bits per heavy atom. The number of carbonyl (C=O) groups excluding carboxylic acids is 4. The average molecular weight is 410 g/mol. The summed E-state index contributed by atoms with van der Waals surface area (Å²) in [6.07, 6.45) is 2.69. The minimum atomic E-state index is -0.922. The van der Waals surface area contributed by atoms with Gasteiger partial charge in [-0.05, 0) is 62.4 Å². The molecule has 0 radical (unpaired) electrons. The molecule has 4 amide bonds. The van der Waals surface area contributed by atoms with Crippen LogP contribution in [0.3, 0.4) is 0 Å². The number of carbonyl (C=O) groups is 4. The first kappa shape index (κ1) is 19.4. The largest absolute Gasteiger partial charge is 0.316 e. The molecular formula is C22H26N4O4. The number of piperidine rings is 1. The Morgan fingerprint density at radius 3 is 2.63 bits per heavy atom. The second kappa shape index (κ2) is 7.59. The molecule has 0 spiro atoms. The van der Waals surface area contributed by atoms with Gasteiger partial charge in [0, 0.05) is 19.5 Å². The molecule has 0 aliphatic carbocycles. The van der Waals surface area contributed by atoms with Crippen LogP contribution >= 0.6 is 0 Å². The number of nitrogens with one attached hydrogen (secondary N) is 2. The Bertz CT molecular complexity index is 924. The molecule has 3 fully saturated rings. The first-order chi connectivity index (χ1) is 14.5. The SMILES string of the molecule is O=C1CCC(N2C(=O)c3cccc(CN4CCC(C5CCNC5)C4)c3C2=O)C(=O)N1. The highest BCUT2D eigenvalue weighted by atomic mass is 16.2. The van der Waals surface area contributed by atoms with E-state index in [1.165, 1.54) is 6.42 Å². The van der Waals surface area contributed by atoms with Crippen LogP contribution < -0.4 is 10.6 Å². The van der Waals surface area contributed by atoms with E-state index in [2.05, 4.69) is 15.5 Å². The van der Waals surface area contributed by atoms with Gasteiger partial charge in [0.25, 0.3) is 11.8 Å². The summed E-state index contributed by atoms with van der Waals surface area (Å²) in [5.74, 6) is -0.403. The van der Waals surface area contributed by atoms with E-state index in [4.69, 9.17) is 0 Å². The van der Waals surface area contributed by atoms with Crippen LogP contribution in [0.4, 0.5) is 0 Å². The lowest BCUT2D eigenvalue weighted by atomic mass is 9.91. The minimum absolute atomic E-state index is 0.127. The van der Waals surface area contributed by atoms with Crippen LogP contribution in [0.15, 0.2) is 18.2 Å². The predicted octanol–water partition coefficient (Wildman–Crippen LogP) is 0.519. The first-order valence-electron chi connectivity index (χ1n) is 10.8. The molecule has 0 aromatic heterocycles. The number of hydrogen-bond donors (Lipinski definition) is 2. The monoisotopic (exact) mass is 410 g/mol. The highest BCUT2D eigenvalue weighted by Crippen LogP contribution is 2.33. The Balaban J connectivity index is 1.35. The predicted molar refractivity (Wildman–Crippen MR) is 107 cm³/mol. The van der Waals surface area contributed by atoms with Crippen LogP contribution in [-0.2, 0) is 16.1 Å². The van der Waals surface area contributed by atoms with E-state index in [9.17, 15) is 19.2 Å². The molecule has 3 atom stereocenters. The van der Waals surface area contributed by atoms with Gasteiger partial charge < -0.3 is 5.32 Å². The lowest BCUT2D eigenvalue weighted by Gasteiger charge is -2.28. The molecule has 0 bridgehead atoms. The van der Waals surface area contributed by atoms with E-state index in [-0.39, 0.29) is 18.7 Å². The third-order valence-electron chi connectivity index (χ3n) is 7.02. The van der Waals surface area contributed by atoms with E-state index in [0.717, 1.165) is 49.0 Å². The molecule has 30 heavy (non-hydrogen) atoms. The molecular weight excluding hydrogens is 384 g/mol. The van der Waals surface area contributed by atoms with Gasteiger partial charge in [-0.3, -0.25) is 34.3 Å². The van der Waals surface area contributed by atoms with E-state index in [0.29, 0.717) is 23.6 Å². The van der Waals surface area contributed by atoms with Gasteiger partial charge in [0.1, 0.15) is 6.04 Å². The molecule has 8 nitrogen and oxygen atoms in total. The summed E-state index contributed by atoms with van der Waals surface area (Å²) >= 11 is 0. The summed E-state index contributed by atoms with van der Waals surface area (Å²) in [5.41, 5.74) is 1.61. The molecule has 0 saturated carbocycles. The molecule has 1 aromatic rings. The fourth-order valence-corrected chi connectivity index (χ4v) is 5.43. The zero-order valence-corrected chi connectivity index (χ0v) is 16.9. The van der Waals surface area contributed by atoms with Gasteiger partial charge >= 0.3 is 0 Å². The number of rotatable bonds is 4. The van der Waals surface area contributed by atoms with E-state index >= 15 is 0 Å². The van der Waals surface area contributed by atoms with Crippen molar-refractivity contribution in [2.45, 2.75) is 38.3 Å².